The van der Waals surface area contributed by atoms with E-state index in [-0.39, 0.29) is 17.3 Å². The van der Waals surface area contributed by atoms with Crippen LogP contribution in [0.4, 0.5) is 14.5 Å². The molecule has 112 valence electrons. The molecule has 0 saturated carbocycles. The van der Waals surface area contributed by atoms with Gasteiger partial charge >= 0.3 is 5.97 Å². The first kappa shape index (κ1) is 16.4. The van der Waals surface area contributed by atoms with Gasteiger partial charge in [-0.25, -0.2) is 13.6 Å². The lowest BCUT2D eigenvalue weighted by atomic mass is 10.1. The lowest BCUT2D eigenvalue weighted by molar-refractivity contribution is 0.0595. The van der Waals surface area contributed by atoms with Crippen molar-refractivity contribution in [2.24, 2.45) is 0 Å². The molecular formula is C15H21F2NO2. The van der Waals surface area contributed by atoms with Gasteiger partial charge < -0.3 is 10.1 Å². The third-order valence-corrected chi connectivity index (χ3v) is 3.10. The van der Waals surface area contributed by atoms with Crippen LogP contribution in [0.25, 0.3) is 0 Å². The fourth-order valence-electron chi connectivity index (χ4n) is 1.96. The molecular weight excluding hydrogens is 264 g/mol. The molecule has 0 aromatic heterocycles. The topological polar surface area (TPSA) is 38.3 Å². The van der Waals surface area contributed by atoms with Crippen LogP contribution in [0.15, 0.2) is 12.1 Å². The van der Waals surface area contributed by atoms with E-state index in [1.807, 2.05) is 6.92 Å². The number of anilines is 1. The van der Waals surface area contributed by atoms with E-state index in [2.05, 4.69) is 17.0 Å². The quantitative estimate of drug-likeness (QED) is 0.604. The molecule has 0 bridgehead atoms. The number of unbranched alkanes of at least 4 members (excludes halogenated alkanes) is 2. The molecule has 1 aromatic rings. The highest BCUT2D eigenvalue weighted by atomic mass is 19.1. The van der Waals surface area contributed by atoms with Gasteiger partial charge in [-0.15, -0.1) is 0 Å². The molecule has 1 rings (SSSR count). The molecule has 0 heterocycles. The van der Waals surface area contributed by atoms with E-state index in [4.69, 9.17) is 0 Å². The van der Waals surface area contributed by atoms with Gasteiger partial charge in [0.1, 0.15) is 11.6 Å². The SMILES string of the molecule is CCCCCC(C)Nc1cc(C(=O)OC)c(F)cc1F. The molecule has 20 heavy (non-hydrogen) atoms. The minimum Gasteiger partial charge on any atom is -0.465 e. The zero-order chi connectivity index (χ0) is 15.1. The van der Waals surface area contributed by atoms with Crippen LogP contribution < -0.4 is 5.32 Å². The highest BCUT2D eigenvalue weighted by molar-refractivity contribution is 5.90. The molecule has 0 aliphatic heterocycles. The zero-order valence-corrected chi connectivity index (χ0v) is 12.1. The summed E-state index contributed by atoms with van der Waals surface area (Å²) in [5.74, 6) is -2.44. The molecule has 1 atom stereocenters. The number of ether oxygens (including phenoxy) is 1. The van der Waals surface area contributed by atoms with E-state index < -0.39 is 17.6 Å². The van der Waals surface area contributed by atoms with Crippen molar-refractivity contribution in [2.75, 3.05) is 12.4 Å². The van der Waals surface area contributed by atoms with Gasteiger partial charge in [0.2, 0.25) is 0 Å². The molecule has 1 aromatic carbocycles. The lowest BCUT2D eigenvalue weighted by Gasteiger charge is -2.16. The van der Waals surface area contributed by atoms with Gasteiger partial charge in [0.05, 0.1) is 18.4 Å². The number of esters is 1. The largest absolute Gasteiger partial charge is 0.465 e. The van der Waals surface area contributed by atoms with Crippen molar-refractivity contribution in [3.63, 3.8) is 0 Å². The number of carbonyl (C=O) groups excluding carboxylic acids is 1. The fourth-order valence-corrected chi connectivity index (χ4v) is 1.96. The number of methoxy groups -OCH3 is 1. The highest BCUT2D eigenvalue weighted by Gasteiger charge is 2.17. The lowest BCUT2D eigenvalue weighted by Crippen LogP contribution is -2.17. The molecule has 0 saturated heterocycles. The molecule has 5 heteroatoms. The van der Waals surface area contributed by atoms with Crippen molar-refractivity contribution in [3.05, 3.63) is 29.3 Å². The summed E-state index contributed by atoms with van der Waals surface area (Å²) in [5, 5.41) is 2.97. The maximum Gasteiger partial charge on any atom is 0.340 e. The van der Waals surface area contributed by atoms with E-state index in [9.17, 15) is 13.6 Å². The third kappa shape index (κ3) is 4.47. The Morgan fingerprint density at radius 1 is 1.30 bits per heavy atom. The number of carbonyl (C=O) groups is 1. The molecule has 0 fully saturated rings. The summed E-state index contributed by atoms with van der Waals surface area (Å²) in [4.78, 5) is 11.4. The first-order valence-electron chi connectivity index (χ1n) is 6.83. The average molecular weight is 285 g/mol. The van der Waals surface area contributed by atoms with E-state index >= 15 is 0 Å². The van der Waals surface area contributed by atoms with Crippen molar-refractivity contribution < 1.29 is 18.3 Å². The first-order valence-corrected chi connectivity index (χ1v) is 6.83. The van der Waals surface area contributed by atoms with Crippen LogP contribution in [0, 0.1) is 11.6 Å². The zero-order valence-electron chi connectivity index (χ0n) is 12.1. The maximum atomic E-state index is 13.7. The molecule has 0 amide bonds. The Kier molecular flexibility index (Phi) is 6.42. The average Bonchev–Trinajstić information content (AvgIpc) is 2.41. The Hall–Kier alpha value is -1.65. The summed E-state index contributed by atoms with van der Waals surface area (Å²) in [5.41, 5.74) is -0.145. The number of rotatable bonds is 7. The molecule has 1 unspecified atom stereocenters. The van der Waals surface area contributed by atoms with E-state index in [1.54, 1.807) is 0 Å². The van der Waals surface area contributed by atoms with E-state index in [0.717, 1.165) is 38.9 Å². The van der Waals surface area contributed by atoms with Crippen LogP contribution in [0.3, 0.4) is 0 Å². The summed E-state index contributed by atoms with van der Waals surface area (Å²) in [6, 6.07) is 1.91. The van der Waals surface area contributed by atoms with Crippen molar-refractivity contribution >= 4 is 11.7 Å². The van der Waals surface area contributed by atoms with Crippen LogP contribution in [-0.2, 0) is 4.74 Å². The third-order valence-electron chi connectivity index (χ3n) is 3.10. The van der Waals surface area contributed by atoms with Gasteiger partial charge in [0.15, 0.2) is 0 Å². The van der Waals surface area contributed by atoms with E-state index in [0.29, 0.717) is 6.07 Å². The van der Waals surface area contributed by atoms with Gasteiger partial charge in [-0.3, -0.25) is 0 Å². The Bertz CT molecular complexity index is 463. The predicted octanol–water partition coefficient (Wildman–Crippen LogP) is 4.13. The maximum absolute atomic E-state index is 13.7. The van der Waals surface area contributed by atoms with Crippen molar-refractivity contribution in [3.8, 4) is 0 Å². The van der Waals surface area contributed by atoms with E-state index in [1.165, 1.54) is 0 Å². The molecule has 0 aliphatic carbocycles. The van der Waals surface area contributed by atoms with Crippen molar-refractivity contribution in [1.82, 2.24) is 0 Å². The summed E-state index contributed by atoms with van der Waals surface area (Å²) in [7, 11) is 1.16. The Labute approximate surface area is 118 Å². The van der Waals surface area contributed by atoms with Gasteiger partial charge in [-0.1, -0.05) is 26.2 Å². The fraction of sp³-hybridized carbons (Fsp3) is 0.533. The Balaban J connectivity index is 2.81. The van der Waals surface area contributed by atoms with Gasteiger partial charge in [-0.2, -0.15) is 0 Å². The minimum atomic E-state index is -0.918. The second-order valence-corrected chi connectivity index (χ2v) is 4.84. The monoisotopic (exact) mass is 285 g/mol. The second-order valence-electron chi connectivity index (χ2n) is 4.84. The number of hydrogen-bond acceptors (Lipinski definition) is 3. The van der Waals surface area contributed by atoms with Gasteiger partial charge in [0.25, 0.3) is 0 Å². The summed E-state index contributed by atoms with van der Waals surface area (Å²) >= 11 is 0. The Morgan fingerprint density at radius 2 is 2.00 bits per heavy atom. The smallest absolute Gasteiger partial charge is 0.340 e. The normalized spacial score (nSPS) is 12.1. The minimum absolute atomic E-state index is 0.0482. The van der Waals surface area contributed by atoms with Crippen molar-refractivity contribution in [1.29, 1.82) is 0 Å². The number of hydrogen-bond donors (Lipinski definition) is 1. The molecule has 0 aliphatic rings. The van der Waals surface area contributed by atoms with Crippen LogP contribution >= 0.6 is 0 Å². The van der Waals surface area contributed by atoms with Gasteiger partial charge in [0, 0.05) is 12.1 Å². The van der Waals surface area contributed by atoms with Gasteiger partial charge in [-0.05, 0) is 19.4 Å². The highest BCUT2D eigenvalue weighted by Crippen LogP contribution is 2.22. The summed E-state index contributed by atoms with van der Waals surface area (Å²) < 4.78 is 31.6. The standard InChI is InChI=1S/C15H21F2NO2/c1-4-5-6-7-10(2)18-14-8-11(15(19)20-3)12(16)9-13(14)17/h8-10,18H,4-7H2,1-3H3. The molecule has 0 spiro atoms. The second kappa shape index (κ2) is 7.82. The van der Waals surface area contributed by atoms with Crippen LogP contribution in [-0.4, -0.2) is 19.1 Å². The summed E-state index contributed by atoms with van der Waals surface area (Å²) in [6.45, 7) is 4.04. The number of benzene rings is 1. The van der Waals surface area contributed by atoms with Crippen molar-refractivity contribution in [2.45, 2.75) is 45.6 Å². The molecule has 1 N–H and O–H groups in total. The molecule has 3 nitrogen and oxygen atoms in total. The summed E-state index contributed by atoms with van der Waals surface area (Å²) in [6.07, 6.45) is 4.16. The van der Waals surface area contributed by atoms with Crippen LogP contribution in [0.5, 0.6) is 0 Å². The number of nitrogens with one attached hydrogen (secondary N) is 1. The first-order chi connectivity index (χ1) is 9.49. The van der Waals surface area contributed by atoms with Crippen LogP contribution in [0.2, 0.25) is 0 Å². The number of halogens is 2. The predicted molar refractivity (Wildman–Crippen MR) is 74.9 cm³/mol. The Morgan fingerprint density at radius 3 is 2.60 bits per heavy atom. The molecule has 0 radical (unpaired) electrons. The van der Waals surface area contributed by atoms with Crippen LogP contribution in [0.1, 0.15) is 49.9 Å².